The van der Waals surface area contributed by atoms with Crippen LogP contribution in [0.15, 0.2) is 53.5 Å². The average molecular weight is 487 g/mol. The van der Waals surface area contributed by atoms with Crippen LogP contribution in [0, 0.1) is 6.92 Å². The van der Waals surface area contributed by atoms with E-state index >= 15 is 0 Å². The lowest BCUT2D eigenvalue weighted by atomic mass is 10.0. The molecule has 2 fully saturated rings. The van der Waals surface area contributed by atoms with Crippen LogP contribution in [0.1, 0.15) is 40.7 Å². The number of rotatable bonds is 5. The van der Waals surface area contributed by atoms with E-state index < -0.39 is 23.6 Å². The summed E-state index contributed by atoms with van der Waals surface area (Å²) in [7, 11) is 0. The standard InChI is InChI=1S/C26H29F3N4O2/c1-18-5-2-3-8-23(18)32-13-10-22(11-14-32)33-12-9-21(17-33)31-24(34)16-30-25(35)19-6-4-7-20(15-19)26(27,28)29/h2-8,15,22H,9-14,16-17H2,1H3,(H,30,35). The molecule has 0 aromatic heterocycles. The molecule has 186 valence electrons. The fourth-order valence-corrected chi connectivity index (χ4v) is 4.77. The third-order valence-corrected chi connectivity index (χ3v) is 6.65. The molecule has 2 heterocycles. The van der Waals surface area contributed by atoms with Gasteiger partial charge in [0.25, 0.3) is 11.8 Å². The smallest absolute Gasteiger partial charge is 0.371 e. The topological polar surface area (TPSA) is 65.0 Å². The molecule has 0 bridgehead atoms. The summed E-state index contributed by atoms with van der Waals surface area (Å²) in [4.78, 5) is 33.4. The van der Waals surface area contributed by atoms with Crippen molar-refractivity contribution in [2.24, 2.45) is 4.99 Å². The second-order valence-electron chi connectivity index (χ2n) is 9.06. The van der Waals surface area contributed by atoms with Gasteiger partial charge in [0.2, 0.25) is 0 Å². The molecule has 1 N–H and O–H groups in total. The van der Waals surface area contributed by atoms with Crippen LogP contribution in [-0.4, -0.2) is 61.2 Å². The van der Waals surface area contributed by atoms with E-state index in [9.17, 15) is 22.8 Å². The zero-order chi connectivity index (χ0) is 25.0. The number of alkyl halides is 3. The predicted molar refractivity (Wildman–Crippen MR) is 129 cm³/mol. The van der Waals surface area contributed by atoms with Gasteiger partial charge in [-0.15, -0.1) is 0 Å². The average Bonchev–Trinajstić information content (AvgIpc) is 3.31. The van der Waals surface area contributed by atoms with Crippen molar-refractivity contribution in [1.29, 1.82) is 0 Å². The SMILES string of the molecule is Cc1ccccc1N1CCC(N2CCC(=NC(=O)CNC(=O)c3cccc(C(F)(F)F)c3)C2)CC1. The lowest BCUT2D eigenvalue weighted by Crippen LogP contribution is -2.44. The fraction of sp³-hybridized carbons (Fsp3) is 0.423. The van der Waals surface area contributed by atoms with Gasteiger partial charge in [-0.05, 0) is 56.0 Å². The quantitative estimate of drug-likeness (QED) is 0.692. The molecule has 35 heavy (non-hydrogen) atoms. The van der Waals surface area contributed by atoms with Crippen LogP contribution in [0.25, 0.3) is 0 Å². The highest BCUT2D eigenvalue weighted by Crippen LogP contribution is 2.29. The molecule has 2 aliphatic rings. The van der Waals surface area contributed by atoms with E-state index in [1.54, 1.807) is 0 Å². The number of piperidine rings is 1. The molecule has 2 aromatic carbocycles. The highest BCUT2D eigenvalue weighted by atomic mass is 19.4. The summed E-state index contributed by atoms with van der Waals surface area (Å²) in [6, 6.07) is 13.0. The summed E-state index contributed by atoms with van der Waals surface area (Å²) >= 11 is 0. The number of aliphatic imine (C=N–C) groups is 1. The fourth-order valence-electron chi connectivity index (χ4n) is 4.77. The van der Waals surface area contributed by atoms with Crippen molar-refractivity contribution in [1.82, 2.24) is 10.2 Å². The van der Waals surface area contributed by atoms with Crippen molar-refractivity contribution in [2.75, 3.05) is 37.6 Å². The van der Waals surface area contributed by atoms with Crippen LogP contribution in [-0.2, 0) is 11.0 Å². The number of hydrogen-bond acceptors (Lipinski definition) is 4. The van der Waals surface area contributed by atoms with Crippen LogP contribution in [0.3, 0.4) is 0 Å². The van der Waals surface area contributed by atoms with Crippen LogP contribution < -0.4 is 10.2 Å². The lowest BCUT2D eigenvalue weighted by molar-refractivity contribution is -0.137. The summed E-state index contributed by atoms with van der Waals surface area (Å²) in [6.07, 6.45) is -1.75. The third-order valence-electron chi connectivity index (χ3n) is 6.65. The Hall–Kier alpha value is -3.20. The zero-order valence-corrected chi connectivity index (χ0v) is 19.6. The van der Waals surface area contributed by atoms with E-state index in [0.29, 0.717) is 19.0 Å². The Morgan fingerprint density at radius 1 is 1.06 bits per heavy atom. The van der Waals surface area contributed by atoms with Gasteiger partial charge in [-0.2, -0.15) is 13.2 Å². The largest absolute Gasteiger partial charge is 0.416 e. The minimum absolute atomic E-state index is 0.149. The zero-order valence-electron chi connectivity index (χ0n) is 19.6. The molecule has 0 spiro atoms. The molecular formula is C26H29F3N4O2. The Morgan fingerprint density at radius 3 is 2.51 bits per heavy atom. The van der Waals surface area contributed by atoms with Gasteiger partial charge >= 0.3 is 6.18 Å². The molecule has 2 saturated heterocycles. The maximum Gasteiger partial charge on any atom is 0.416 e. The van der Waals surface area contributed by atoms with Crippen LogP contribution in [0.4, 0.5) is 18.9 Å². The van der Waals surface area contributed by atoms with E-state index in [0.717, 1.165) is 50.3 Å². The number of nitrogens with zero attached hydrogens (tertiary/aromatic N) is 3. The first kappa shape index (κ1) is 24.9. The number of likely N-dealkylation sites (tertiary alicyclic amines) is 1. The Labute approximate surface area is 202 Å². The third kappa shape index (κ3) is 6.28. The predicted octanol–water partition coefficient (Wildman–Crippen LogP) is 4.09. The van der Waals surface area contributed by atoms with Crippen molar-refractivity contribution in [3.8, 4) is 0 Å². The second kappa shape index (κ2) is 10.6. The monoisotopic (exact) mass is 486 g/mol. The van der Waals surface area contributed by atoms with E-state index in [-0.39, 0.29) is 12.1 Å². The number of aryl methyl sites for hydroxylation is 1. The number of carbonyl (C=O) groups excluding carboxylic acids is 2. The first-order valence-corrected chi connectivity index (χ1v) is 11.8. The van der Waals surface area contributed by atoms with Gasteiger partial charge in [0.05, 0.1) is 12.1 Å². The molecule has 2 amide bonds. The lowest BCUT2D eigenvalue weighted by Gasteiger charge is -2.38. The number of nitrogens with one attached hydrogen (secondary N) is 1. The Balaban J connectivity index is 1.25. The van der Waals surface area contributed by atoms with Gasteiger partial charge in [-0.25, -0.2) is 4.99 Å². The van der Waals surface area contributed by atoms with Gasteiger partial charge in [0.1, 0.15) is 0 Å². The first-order chi connectivity index (χ1) is 16.7. The number of carbonyl (C=O) groups is 2. The molecule has 2 aromatic rings. The number of amides is 2. The Kier molecular flexibility index (Phi) is 7.54. The van der Waals surface area contributed by atoms with Crippen LogP contribution in [0.2, 0.25) is 0 Å². The molecule has 6 nitrogen and oxygen atoms in total. The maximum absolute atomic E-state index is 12.8. The van der Waals surface area contributed by atoms with Gasteiger partial charge in [0.15, 0.2) is 0 Å². The number of halogens is 3. The number of anilines is 1. The van der Waals surface area contributed by atoms with E-state index in [2.05, 4.69) is 51.3 Å². The molecule has 0 saturated carbocycles. The maximum atomic E-state index is 12.8. The van der Waals surface area contributed by atoms with E-state index in [1.807, 2.05) is 0 Å². The Morgan fingerprint density at radius 2 is 1.80 bits per heavy atom. The molecule has 0 atom stereocenters. The minimum Gasteiger partial charge on any atom is -0.371 e. The molecule has 4 rings (SSSR count). The van der Waals surface area contributed by atoms with Crippen LogP contribution >= 0.6 is 0 Å². The molecule has 9 heteroatoms. The summed E-state index contributed by atoms with van der Waals surface area (Å²) < 4.78 is 38.5. The minimum atomic E-state index is -4.54. The van der Waals surface area contributed by atoms with Gasteiger partial charge in [-0.3, -0.25) is 14.5 Å². The van der Waals surface area contributed by atoms with Crippen molar-refractivity contribution in [2.45, 2.75) is 38.4 Å². The van der Waals surface area contributed by atoms with Crippen LogP contribution in [0.5, 0.6) is 0 Å². The van der Waals surface area contributed by atoms with Crippen molar-refractivity contribution >= 4 is 23.2 Å². The number of para-hydroxylation sites is 1. The molecule has 0 unspecified atom stereocenters. The molecular weight excluding hydrogens is 457 g/mol. The summed E-state index contributed by atoms with van der Waals surface area (Å²) in [5, 5.41) is 2.37. The van der Waals surface area contributed by atoms with Crippen molar-refractivity contribution in [3.63, 3.8) is 0 Å². The highest BCUT2D eigenvalue weighted by Gasteiger charge is 2.31. The van der Waals surface area contributed by atoms with Crippen molar-refractivity contribution < 1.29 is 22.8 Å². The first-order valence-electron chi connectivity index (χ1n) is 11.8. The summed E-state index contributed by atoms with van der Waals surface area (Å²) in [6.45, 7) is 5.22. The highest BCUT2D eigenvalue weighted by molar-refractivity contribution is 6.01. The molecule has 2 aliphatic heterocycles. The molecule has 0 aliphatic carbocycles. The normalized spacial score (nSPS) is 18.7. The molecule has 0 radical (unpaired) electrons. The summed E-state index contributed by atoms with van der Waals surface area (Å²) in [5.41, 5.74) is 2.29. The van der Waals surface area contributed by atoms with Crippen molar-refractivity contribution in [3.05, 3.63) is 65.2 Å². The summed E-state index contributed by atoms with van der Waals surface area (Å²) in [5.74, 6) is -1.24. The number of hydrogen-bond donors (Lipinski definition) is 1. The van der Waals surface area contributed by atoms with E-state index in [4.69, 9.17) is 0 Å². The van der Waals surface area contributed by atoms with Gasteiger partial charge < -0.3 is 10.2 Å². The Bertz CT molecular complexity index is 1110. The van der Waals surface area contributed by atoms with Gasteiger partial charge in [0, 0.05) is 49.2 Å². The number of benzene rings is 2. The van der Waals surface area contributed by atoms with E-state index in [1.165, 1.54) is 23.4 Å². The second-order valence-corrected chi connectivity index (χ2v) is 9.06. The van der Waals surface area contributed by atoms with Gasteiger partial charge in [-0.1, -0.05) is 24.3 Å².